The molecule has 1 fully saturated rings. The van der Waals surface area contributed by atoms with Gasteiger partial charge in [0.1, 0.15) is 36.4 Å². The van der Waals surface area contributed by atoms with E-state index in [1.54, 1.807) is 0 Å². The van der Waals surface area contributed by atoms with Gasteiger partial charge in [0, 0.05) is 19.9 Å². The number of carbonyl (C=O) groups is 4. The standard InChI is InChI=1S/C20H36N4O11/c1-8(34-17-15(23-10(3)27)20(33)35-12(7-25)16(17)30)6-24(19(32)14(21)9(2)26)11(18(22)31)4-5-13(28)29/h8-9,11-12,14-17,20,25-26,30,33H,4-7,21H2,1-3H3,(H2,22,31)(H,23,27)(H,28,29)/t8?,9-,11+,12-,14+,15-,16-,17-,20+/m1/s1. The van der Waals surface area contributed by atoms with E-state index in [2.05, 4.69) is 5.32 Å². The summed E-state index contributed by atoms with van der Waals surface area (Å²) in [7, 11) is 0. The molecule has 9 atom stereocenters. The number of aliphatic carboxylic acids is 1. The minimum absolute atomic E-state index is 0.338. The van der Waals surface area contributed by atoms with Crippen LogP contribution in [0.2, 0.25) is 0 Å². The monoisotopic (exact) mass is 508 g/mol. The third-order valence-electron chi connectivity index (χ3n) is 5.51. The van der Waals surface area contributed by atoms with Gasteiger partial charge in [-0.2, -0.15) is 0 Å². The molecule has 1 unspecified atom stereocenters. The van der Waals surface area contributed by atoms with Crippen molar-refractivity contribution in [3.05, 3.63) is 0 Å². The number of nitrogens with one attached hydrogen (secondary N) is 1. The SMILES string of the molecule is CC(=O)N[C@@H]1[C@@H](OC(C)CN(C(=O)[C@@H](N)[C@@H](C)O)[C@@H](CCC(=O)O)C(N)=O)[C@H](O)[C@@H](CO)O[C@@H]1O. The van der Waals surface area contributed by atoms with E-state index in [-0.39, 0.29) is 13.0 Å². The number of primary amides is 1. The Bertz CT molecular complexity index is 753. The number of ether oxygens (including phenoxy) is 2. The summed E-state index contributed by atoms with van der Waals surface area (Å²) in [5, 5.41) is 51.4. The molecule has 0 aromatic heterocycles. The van der Waals surface area contributed by atoms with Crippen LogP contribution < -0.4 is 16.8 Å². The molecule has 0 aromatic carbocycles. The molecule has 10 N–H and O–H groups in total. The largest absolute Gasteiger partial charge is 0.481 e. The van der Waals surface area contributed by atoms with Crippen LogP contribution in [0.3, 0.4) is 0 Å². The van der Waals surface area contributed by atoms with Crippen LogP contribution in [0, 0.1) is 0 Å². The third kappa shape index (κ3) is 8.64. The maximum Gasteiger partial charge on any atom is 0.303 e. The first-order valence-electron chi connectivity index (χ1n) is 11.0. The molecule has 0 aliphatic carbocycles. The molecule has 1 rings (SSSR count). The summed E-state index contributed by atoms with van der Waals surface area (Å²) in [6, 6.07) is -4.12. The fourth-order valence-electron chi connectivity index (χ4n) is 3.70. The Balaban J connectivity index is 3.22. The average Bonchev–Trinajstić information content (AvgIpc) is 2.75. The predicted molar refractivity (Wildman–Crippen MR) is 117 cm³/mol. The molecule has 1 aliphatic rings. The van der Waals surface area contributed by atoms with Crippen molar-refractivity contribution >= 4 is 23.7 Å². The Morgan fingerprint density at radius 1 is 1.20 bits per heavy atom. The lowest BCUT2D eigenvalue weighted by atomic mass is 9.96. The van der Waals surface area contributed by atoms with Gasteiger partial charge in [0.2, 0.25) is 17.7 Å². The van der Waals surface area contributed by atoms with Crippen LogP contribution in [0.25, 0.3) is 0 Å². The quantitative estimate of drug-likeness (QED) is 0.117. The number of amides is 3. The van der Waals surface area contributed by atoms with Gasteiger partial charge >= 0.3 is 5.97 Å². The molecule has 15 heteroatoms. The molecule has 0 spiro atoms. The van der Waals surface area contributed by atoms with Gasteiger partial charge in [0.25, 0.3) is 0 Å². The first kappa shape index (κ1) is 30.6. The molecule has 15 nitrogen and oxygen atoms in total. The zero-order valence-electron chi connectivity index (χ0n) is 19.8. The summed E-state index contributed by atoms with van der Waals surface area (Å²) in [6.07, 6.45) is -8.87. The van der Waals surface area contributed by atoms with Crippen LogP contribution in [0.4, 0.5) is 0 Å². The highest BCUT2D eigenvalue weighted by Gasteiger charge is 2.46. The first-order chi connectivity index (χ1) is 16.2. The van der Waals surface area contributed by atoms with E-state index in [1.807, 2.05) is 0 Å². The minimum atomic E-state index is -1.65. The van der Waals surface area contributed by atoms with Crippen molar-refractivity contribution in [1.82, 2.24) is 10.2 Å². The van der Waals surface area contributed by atoms with E-state index in [0.29, 0.717) is 0 Å². The zero-order chi connectivity index (χ0) is 27.0. The van der Waals surface area contributed by atoms with Gasteiger partial charge in [-0.25, -0.2) is 0 Å². The molecule has 0 bridgehead atoms. The number of aliphatic hydroxyl groups is 4. The second-order valence-corrected chi connectivity index (χ2v) is 8.48. The molecule has 1 saturated heterocycles. The Morgan fingerprint density at radius 3 is 2.26 bits per heavy atom. The highest BCUT2D eigenvalue weighted by atomic mass is 16.6. The minimum Gasteiger partial charge on any atom is -0.481 e. The first-order valence-corrected chi connectivity index (χ1v) is 11.0. The lowest BCUT2D eigenvalue weighted by Crippen LogP contribution is -2.65. The van der Waals surface area contributed by atoms with Crippen molar-refractivity contribution in [2.45, 2.75) is 88.5 Å². The van der Waals surface area contributed by atoms with Gasteiger partial charge in [-0.3, -0.25) is 19.2 Å². The van der Waals surface area contributed by atoms with Crippen LogP contribution in [0.1, 0.15) is 33.6 Å². The Morgan fingerprint density at radius 2 is 1.80 bits per heavy atom. The van der Waals surface area contributed by atoms with Gasteiger partial charge in [-0.1, -0.05) is 0 Å². The van der Waals surface area contributed by atoms with E-state index < -0.39 is 91.7 Å². The summed E-state index contributed by atoms with van der Waals surface area (Å²) in [5.41, 5.74) is 11.2. The molecule has 0 aromatic rings. The summed E-state index contributed by atoms with van der Waals surface area (Å²) in [4.78, 5) is 48.6. The van der Waals surface area contributed by atoms with Gasteiger partial charge in [-0.15, -0.1) is 0 Å². The van der Waals surface area contributed by atoms with Crippen LogP contribution in [-0.2, 0) is 28.7 Å². The van der Waals surface area contributed by atoms with Gasteiger partial charge in [0.05, 0.1) is 18.8 Å². The molecule has 3 amide bonds. The normalized spacial score (nSPS) is 27.8. The van der Waals surface area contributed by atoms with Crippen molar-refractivity contribution in [2.75, 3.05) is 13.2 Å². The number of hydrogen-bond acceptors (Lipinski definition) is 11. The molecule has 1 aliphatic heterocycles. The smallest absolute Gasteiger partial charge is 0.303 e. The van der Waals surface area contributed by atoms with Crippen molar-refractivity contribution in [3.63, 3.8) is 0 Å². The number of carbonyl (C=O) groups excluding carboxylic acids is 3. The second kappa shape index (κ2) is 13.6. The van der Waals surface area contributed by atoms with Crippen LogP contribution >= 0.6 is 0 Å². The Labute approximate surface area is 202 Å². The van der Waals surface area contributed by atoms with E-state index >= 15 is 0 Å². The van der Waals surface area contributed by atoms with Crippen molar-refractivity contribution < 1.29 is 54.2 Å². The Hall–Kier alpha value is -2.40. The fourth-order valence-corrected chi connectivity index (χ4v) is 3.70. The van der Waals surface area contributed by atoms with E-state index in [4.69, 9.17) is 26.0 Å². The molecular weight excluding hydrogens is 472 g/mol. The summed E-state index contributed by atoms with van der Waals surface area (Å²) in [5.74, 6) is -3.72. The van der Waals surface area contributed by atoms with Crippen LogP contribution in [0.15, 0.2) is 0 Å². The number of carboxylic acids is 1. The lowest BCUT2D eigenvalue weighted by Gasteiger charge is -2.44. The van der Waals surface area contributed by atoms with Gasteiger partial charge in [0.15, 0.2) is 6.29 Å². The van der Waals surface area contributed by atoms with E-state index in [0.717, 1.165) is 11.8 Å². The Kier molecular flexibility index (Phi) is 11.9. The number of hydrogen-bond donors (Lipinski definition) is 8. The van der Waals surface area contributed by atoms with Crippen molar-refractivity contribution in [1.29, 1.82) is 0 Å². The third-order valence-corrected chi connectivity index (χ3v) is 5.51. The van der Waals surface area contributed by atoms with E-state index in [1.165, 1.54) is 13.8 Å². The summed E-state index contributed by atoms with van der Waals surface area (Å²) in [6.45, 7) is 2.80. The molecule has 1 heterocycles. The molecule has 35 heavy (non-hydrogen) atoms. The predicted octanol–water partition coefficient (Wildman–Crippen LogP) is -4.41. The van der Waals surface area contributed by atoms with Crippen LogP contribution in [-0.4, -0.2) is 122 Å². The van der Waals surface area contributed by atoms with E-state index in [9.17, 15) is 39.6 Å². The second-order valence-electron chi connectivity index (χ2n) is 8.48. The number of nitrogens with two attached hydrogens (primary N) is 2. The maximum atomic E-state index is 13.0. The fraction of sp³-hybridized carbons (Fsp3) is 0.800. The summed E-state index contributed by atoms with van der Waals surface area (Å²) >= 11 is 0. The molecular formula is C20H36N4O11. The number of nitrogens with zero attached hydrogens (tertiary/aromatic N) is 1. The molecule has 0 saturated carbocycles. The zero-order valence-corrected chi connectivity index (χ0v) is 19.8. The highest BCUT2D eigenvalue weighted by molar-refractivity contribution is 5.89. The number of carboxylic acid groups (broad SMARTS) is 1. The van der Waals surface area contributed by atoms with Crippen molar-refractivity contribution in [3.8, 4) is 0 Å². The van der Waals surface area contributed by atoms with Gasteiger partial charge in [-0.05, 0) is 20.3 Å². The lowest BCUT2D eigenvalue weighted by molar-refractivity contribution is -0.268. The average molecular weight is 509 g/mol. The van der Waals surface area contributed by atoms with Crippen LogP contribution in [0.5, 0.6) is 0 Å². The number of rotatable bonds is 13. The topological polar surface area (TPSA) is 255 Å². The highest BCUT2D eigenvalue weighted by Crippen LogP contribution is 2.24. The molecule has 202 valence electrons. The van der Waals surface area contributed by atoms with Gasteiger partial charge < -0.3 is 56.7 Å². The summed E-state index contributed by atoms with van der Waals surface area (Å²) < 4.78 is 10.9. The number of aliphatic hydroxyl groups excluding tert-OH is 4. The van der Waals surface area contributed by atoms with Crippen molar-refractivity contribution in [2.24, 2.45) is 11.5 Å². The maximum absolute atomic E-state index is 13.0. The molecule has 0 radical (unpaired) electrons.